The second-order valence-corrected chi connectivity index (χ2v) is 5.95. The van der Waals surface area contributed by atoms with E-state index in [0.29, 0.717) is 13.0 Å². The van der Waals surface area contributed by atoms with Crippen molar-refractivity contribution in [1.29, 1.82) is 0 Å². The van der Waals surface area contributed by atoms with Crippen molar-refractivity contribution in [3.05, 3.63) is 35.9 Å². The molecule has 4 nitrogen and oxygen atoms in total. The molecule has 1 aromatic rings. The Morgan fingerprint density at radius 1 is 1.47 bits per heavy atom. The summed E-state index contributed by atoms with van der Waals surface area (Å²) in [4.78, 5) is 17.9. The number of ether oxygens (including phenoxy) is 1. The lowest BCUT2D eigenvalue weighted by Gasteiger charge is -2.35. The monoisotopic (exact) mass is 322 g/mol. The summed E-state index contributed by atoms with van der Waals surface area (Å²) >= 11 is 3.51. The van der Waals surface area contributed by atoms with Crippen molar-refractivity contribution in [2.24, 2.45) is 10.9 Å². The lowest BCUT2D eigenvalue weighted by molar-refractivity contribution is -0.159. The van der Waals surface area contributed by atoms with Gasteiger partial charge in [-0.15, -0.1) is 0 Å². The van der Waals surface area contributed by atoms with Gasteiger partial charge in [-0.25, -0.2) is 0 Å². The third-order valence-corrected chi connectivity index (χ3v) is 4.62. The minimum absolute atomic E-state index is 0.0833. The zero-order chi connectivity index (χ0) is 13.5. The number of hydrogen-bond donors (Lipinski definition) is 0. The SMILES string of the molecule is CC1CC2(OC1=O)C(Br)N=CN2Cc1ccccc1. The Morgan fingerprint density at radius 3 is 2.84 bits per heavy atom. The molecular formula is C14H15BrN2O2. The molecule has 0 aromatic heterocycles. The quantitative estimate of drug-likeness (QED) is 0.477. The molecule has 2 aliphatic heterocycles. The molecule has 2 aliphatic rings. The Bertz CT molecular complexity index is 519. The molecule has 5 heteroatoms. The summed E-state index contributed by atoms with van der Waals surface area (Å²) in [6, 6.07) is 10.1. The topological polar surface area (TPSA) is 41.9 Å². The van der Waals surface area contributed by atoms with Gasteiger partial charge in [0.1, 0.15) is 0 Å². The Balaban J connectivity index is 1.85. The van der Waals surface area contributed by atoms with Crippen molar-refractivity contribution in [1.82, 2.24) is 4.90 Å². The van der Waals surface area contributed by atoms with Crippen LogP contribution in [0.2, 0.25) is 0 Å². The van der Waals surface area contributed by atoms with Crippen molar-refractivity contribution in [3.8, 4) is 0 Å². The Morgan fingerprint density at radius 2 is 2.21 bits per heavy atom. The second kappa shape index (κ2) is 4.63. The third-order valence-electron chi connectivity index (χ3n) is 3.67. The number of esters is 1. The number of carbonyl (C=O) groups excluding carboxylic acids is 1. The number of nitrogens with zero attached hydrogens (tertiary/aromatic N) is 2. The van der Waals surface area contributed by atoms with Gasteiger partial charge in [0.25, 0.3) is 0 Å². The maximum Gasteiger partial charge on any atom is 0.311 e. The van der Waals surface area contributed by atoms with E-state index in [2.05, 4.69) is 33.1 Å². The molecule has 100 valence electrons. The van der Waals surface area contributed by atoms with E-state index >= 15 is 0 Å². The van der Waals surface area contributed by atoms with Crippen LogP contribution in [0.25, 0.3) is 0 Å². The van der Waals surface area contributed by atoms with Crippen molar-refractivity contribution in [2.75, 3.05) is 0 Å². The average molecular weight is 323 g/mol. The molecule has 3 atom stereocenters. The summed E-state index contributed by atoms with van der Waals surface area (Å²) in [6.07, 6.45) is 2.44. The Hall–Kier alpha value is -1.36. The predicted molar refractivity (Wildman–Crippen MR) is 75.8 cm³/mol. The summed E-state index contributed by atoms with van der Waals surface area (Å²) in [6.45, 7) is 2.59. The molecule has 2 heterocycles. The molecular weight excluding hydrogens is 308 g/mol. The van der Waals surface area contributed by atoms with Crippen LogP contribution in [0.3, 0.4) is 0 Å². The zero-order valence-corrected chi connectivity index (χ0v) is 12.2. The predicted octanol–water partition coefficient (Wildman–Crippen LogP) is 2.53. The maximum atomic E-state index is 11.8. The van der Waals surface area contributed by atoms with Gasteiger partial charge in [0, 0.05) is 13.0 Å². The zero-order valence-electron chi connectivity index (χ0n) is 10.6. The van der Waals surface area contributed by atoms with Crippen LogP contribution in [0.1, 0.15) is 18.9 Å². The van der Waals surface area contributed by atoms with Gasteiger partial charge in [-0.1, -0.05) is 53.2 Å². The Kier molecular flexibility index (Phi) is 3.09. The molecule has 0 N–H and O–H groups in total. The Labute approximate surface area is 120 Å². The molecule has 0 saturated carbocycles. The molecule has 19 heavy (non-hydrogen) atoms. The lowest BCUT2D eigenvalue weighted by atomic mass is 10.0. The molecule has 1 spiro atoms. The molecule has 3 rings (SSSR count). The van der Waals surface area contributed by atoms with E-state index in [1.807, 2.05) is 30.0 Å². The minimum atomic E-state index is -0.660. The van der Waals surface area contributed by atoms with Gasteiger partial charge in [0.05, 0.1) is 12.3 Å². The first-order valence-electron chi connectivity index (χ1n) is 6.33. The van der Waals surface area contributed by atoms with Crippen molar-refractivity contribution in [2.45, 2.75) is 30.6 Å². The van der Waals surface area contributed by atoms with Crippen LogP contribution >= 0.6 is 15.9 Å². The fourth-order valence-corrected chi connectivity index (χ4v) is 3.25. The maximum absolute atomic E-state index is 11.8. The molecule has 0 aliphatic carbocycles. The van der Waals surface area contributed by atoms with E-state index in [1.54, 1.807) is 6.34 Å². The fourth-order valence-electron chi connectivity index (χ4n) is 2.61. The summed E-state index contributed by atoms with van der Waals surface area (Å²) in [7, 11) is 0. The highest BCUT2D eigenvalue weighted by molar-refractivity contribution is 9.09. The van der Waals surface area contributed by atoms with Crippen LogP contribution in [0, 0.1) is 5.92 Å². The van der Waals surface area contributed by atoms with E-state index in [4.69, 9.17) is 4.74 Å². The number of aliphatic imine (C=N–C) groups is 1. The summed E-state index contributed by atoms with van der Waals surface area (Å²) in [5.41, 5.74) is 0.511. The molecule has 1 saturated heterocycles. The minimum Gasteiger partial charge on any atom is -0.435 e. The van der Waals surface area contributed by atoms with E-state index in [1.165, 1.54) is 5.56 Å². The van der Waals surface area contributed by atoms with Gasteiger partial charge >= 0.3 is 5.97 Å². The standard InChI is InChI=1S/C14H15BrN2O2/c1-10-7-14(19-12(10)18)13(15)16-9-17(14)8-11-5-3-2-4-6-11/h2-6,9-10,13H,7-8H2,1H3. The summed E-state index contributed by atoms with van der Waals surface area (Å²) in [5.74, 6) is -0.229. The number of rotatable bonds is 2. The van der Waals surface area contributed by atoms with Crippen LogP contribution < -0.4 is 0 Å². The number of carbonyl (C=O) groups is 1. The highest BCUT2D eigenvalue weighted by Gasteiger charge is 2.55. The van der Waals surface area contributed by atoms with Gasteiger partial charge in [0.15, 0.2) is 4.95 Å². The van der Waals surface area contributed by atoms with Crippen LogP contribution in [0.15, 0.2) is 35.3 Å². The third kappa shape index (κ3) is 2.06. The van der Waals surface area contributed by atoms with Crippen LogP contribution in [-0.2, 0) is 16.1 Å². The number of alkyl halides is 1. The lowest BCUT2D eigenvalue weighted by Crippen LogP contribution is -2.49. The molecule has 0 radical (unpaired) electrons. The number of hydrogen-bond acceptors (Lipinski definition) is 4. The van der Waals surface area contributed by atoms with E-state index in [0.717, 1.165) is 0 Å². The van der Waals surface area contributed by atoms with Gasteiger partial charge in [-0.3, -0.25) is 9.79 Å². The van der Waals surface area contributed by atoms with Crippen molar-refractivity contribution >= 4 is 28.2 Å². The highest BCUT2D eigenvalue weighted by atomic mass is 79.9. The van der Waals surface area contributed by atoms with Crippen molar-refractivity contribution in [3.63, 3.8) is 0 Å². The molecule has 0 amide bonds. The van der Waals surface area contributed by atoms with Gasteiger partial charge in [-0.05, 0) is 5.56 Å². The largest absolute Gasteiger partial charge is 0.435 e. The fraction of sp³-hybridized carbons (Fsp3) is 0.429. The highest BCUT2D eigenvalue weighted by Crippen LogP contribution is 2.43. The van der Waals surface area contributed by atoms with E-state index in [-0.39, 0.29) is 16.8 Å². The first-order valence-corrected chi connectivity index (χ1v) is 7.24. The second-order valence-electron chi connectivity index (χ2n) is 5.08. The van der Waals surface area contributed by atoms with E-state index in [9.17, 15) is 4.79 Å². The van der Waals surface area contributed by atoms with Crippen molar-refractivity contribution < 1.29 is 9.53 Å². The number of benzene rings is 1. The summed E-state index contributed by atoms with van der Waals surface area (Å²) < 4.78 is 5.63. The molecule has 3 unspecified atom stereocenters. The molecule has 0 bridgehead atoms. The first-order chi connectivity index (χ1) is 9.12. The molecule has 1 fully saturated rings. The van der Waals surface area contributed by atoms with Crippen LogP contribution in [-0.4, -0.2) is 27.9 Å². The smallest absolute Gasteiger partial charge is 0.311 e. The molecule has 1 aromatic carbocycles. The summed E-state index contributed by atoms with van der Waals surface area (Å²) in [5, 5.41) is 0. The van der Waals surface area contributed by atoms with Crippen LogP contribution in [0.5, 0.6) is 0 Å². The van der Waals surface area contributed by atoms with Crippen LogP contribution in [0.4, 0.5) is 0 Å². The first kappa shape index (κ1) is 12.7. The van der Waals surface area contributed by atoms with Gasteiger partial charge in [-0.2, -0.15) is 0 Å². The normalized spacial score (nSPS) is 33.2. The van der Waals surface area contributed by atoms with E-state index < -0.39 is 5.72 Å². The average Bonchev–Trinajstić information content (AvgIpc) is 2.86. The van der Waals surface area contributed by atoms with Gasteiger partial charge in [0.2, 0.25) is 5.72 Å². The number of halogens is 1. The van der Waals surface area contributed by atoms with Gasteiger partial charge < -0.3 is 9.64 Å².